The van der Waals surface area contributed by atoms with E-state index in [2.05, 4.69) is 6.92 Å². The van der Waals surface area contributed by atoms with E-state index in [1.54, 1.807) is 0 Å². The number of carbonyl (C=O) groups excluding carboxylic acids is 2. The van der Waals surface area contributed by atoms with Gasteiger partial charge in [-0.15, -0.1) is 11.3 Å². The molecule has 0 radical (unpaired) electrons. The second-order valence-corrected chi connectivity index (χ2v) is 9.45. The summed E-state index contributed by atoms with van der Waals surface area (Å²) in [6.45, 7) is 2.25. The maximum atomic E-state index is 13.6. The average Bonchev–Trinajstić information content (AvgIpc) is 3.04. The van der Waals surface area contributed by atoms with E-state index in [4.69, 9.17) is 4.74 Å². The molecule has 2 aliphatic carbocycles. The molecule has 0 unspecified atom stereocenters. The van der Waals surface area contributed by atoms with E-state index in [-0.39, 0.29) is 29.9 Å². The van der Waals surface area contributed by atoms with Crippen molar-refractivity contribution in [1.29, 1.82) is 0 Å². The zero-order valence-corrected chi connectivity index (χ0v) is 17.4. The van der Waals surface area contributed by atoms with Gasteiger partial charge < -0.3 is 14.7 Å². The summed E-state index contributed by atoms with van der Waals surface area (Å²) in [5.41, 5.74) is 0.703. The molecule has 1 amide bonds. The number of rotatable bonds is 4. The standard InChI is InChI=1S/C20H30BNO4S/c1-12-3-5-13(6-4-12)19(24)22(14-7-9-15(23)10-8-14)16-11-17(21)27-18(16)20(25)26-2/h11-15,23H,3-10,21H2,1-2H3. The molecule has 1 aromatic heterocycles. The lowest BCUT2D eigenvalue weighted by atomic mass is 9.81. The van der Waals surface area contributed by atoms with E-state index in [0.717, 1.165) is 43.3 Å². The molecule has 5 nitrogen and oxygen atoms in total. The van der Waals surface area contributed by atoms with E-state index >= 15 is 0 Å². The highest BCUT2D eigenvalue weighted by Gasteiger charge is 2.37. The van der Waals surface area contributed by atoms with E-state index in [1.165, 1.54) is 18.4 Å². The van der Waals surface area contributed by atoms with Crippen LogP contribution in [0.15, 0.2) is 6.07 Å². The minimum atomic E-state index is -0.381. The number of anilines is 1. The van der Waals surface area contributed by atoms with Gasteiger partial charge in [0, 0.05) is 12.0 Å². The first kappa shape index (κ1) is 20.4. The summed E-state index contributed by atoms with van der Waals surface area (Å²) in [5.74, 6) is 0.473. The van der Waals surface area contributed by atoms with E-state index in [9.17, 15) is 14.7 Å². The van der Waals surface area contributed by atoms with Gasteiger partial charge in [-0.25, -0.2) is 4.79 Å². The Morgan fingerprint density at radius 3 is 2.37 bits per heavy atom. The van der Waals surface area contributed by atoms with Gasteiger partial charge in [0.25, 0.3) is 0 Å². The number of methoxy groups -OCH3 is 1. The van der Waals surface area contributed by atoms with Crippen molar-refractivity contribution in [3.8, 4) is 0 Å². The van der Waals surface area contributed by atoms with Gasteiger partial charge in [-0.3, -0.25) is 4.79 Å². The van der Waals surface area contributed by atoms with Crippen molar-refractivity contribution in [3.63, 3.8) is 0 Å². The topological polar surface area (TPSA) is 66.8 Å². The summed E-state index contributed by atoms with van der Waals surface area (Å²) in [7, 11) is 3.34. The smallest absolute Gasteiger partial charge is 0.350 e. The number of aliphatic hydroxyl groups is 1. The average molecular weight is 391 g/mol. The summed E-state index contributed by atoms with van der Waals surface area (Å²) in [6, 6.07) is 1.99. The molecule has 1 heterocycles. The van der Waals surface area contributed by atoms with Crippen LogP contribution in [0.1, 0.15) is 68.0 Å². The van der Waals surface area contributed by atoms with Crippen LogP contribution in [0.3, 0.4) is 0 Å². The molecule has 148 valence electrons. The Bertz CT molecular complexity index is 676. The molecular formula is C20H30BNO4S. The minimum absolute atomic E-state index is 0.0266. The lowest BCUT2D eigenvalue weighted by Crippen LogP contribution is -2.47. The maximum absolute atomic E-state index is 13.6. The van der Waals surface area contributed by atoms with Crippen LogP contribution in [0, 0.1) is 11.8 Å². The molecule has 2 saturated carbocycles. The molecular weight excluding hydrogens is 361 g/mol. The predicted molar refractivity (Wildman–Crippen MR) is 111 cm³/mol. The van der Waals surface area contributed by atoms with Gasteiger partial charge in [0.2, 0.25) is 5.91 Å². The van der Waals surface area contributed by atoms with Crippen molar-refractivity contribution in [2.75, 3.05) is 12.0 Å². The second kappa shape index (κ2) is 8.78. The van der Waals surface area contributed by atoms with Crippen molar-refractivity contribution in [3.05, 3.63) is 10.9 Å². The van der Waals surface area contributed by atoms with Gasteiger partial charge in [0.15, 0.2) is 7.85 Å². The molecule has 7 heteroatoms. The van der Waals surface area contributed by atoms with Crippen LogP contribution in [-0.4, -0.2) is 44.1 Å². The van der Waals surface area contributed by atoms with Gasteiger partial charge in [-0.2, -0.15) is 0 Å². The van der Waals surface area contributed by atoms with Crippen LogP contribution in [0.2, 0.25) is 0 Å². The van der Waals surface area contributed by atoms with E-state index in [0.29, 0.717) is 29.3 Å². The number of hydrogen-bond donors (Lipinski definition) is 1. The number of thiophene rings is 1. The van der Waals surface area contributed by atoms with Gasteiger partial charge in [0.1, 0.15) is 4.88 Å². The largest absolute Gasteiger partial charge is 0.465 e. The summed E-state index contributed by atoms with van der Waals surface area (Å²) in [5, 5.41) is 9.91. The first-order valence-corrected chi connectivity index (χ1v) is 10.9. The third-order valence-corrected chi connectivity index (χ3v) is 7.12. The summed E-state index contributed by atoms with van der Waals surface area (Å²) in [4.78, 5) is 28.3. The monoisotopic (exact) mass is 391 g/mol. The molecule has 2 aliphatic rings. The molecule has 0 bridgehead atoms. The summed E-state index contributed by atoms with van der Waals surface area (Å²) >= 11 is 1.39. The highest BCUT2D eigenvalue weighted by Crippen LogP contribution is 2.37. The zero-order valence-electron chi connectivity index (χ0n) is 16.6. The second-order valence-electron chi connectivity index (χ2n) is 8.19. The minimum Gasteiger partial charge on any atom is -0.465 e. The van der Waals surface area contributed by atoms with E-state index in [1.807, 2.05) is 18.8 Å². The Hall–Kier alpha value is -1.34. The SMILES string of the molecule is Bc1cc(N(C(=O)C2CCC(C)CC2)C2CCC(O)CC2)c(C(=O)OC)s1. The third kappa shape index (κ3) is 4.57. The number of nitrogens with zero attached hydrogens (tertiary/aromatic N) is 1. The lowest BCUT2D eigenvalue weighted by molar-refractivity contribution is -0.124. The Balaban J connectivity index is 1.93. The predicted octanol–water partition coefficient (Wildman–Crippen LogP) is 2.26. The molecule has 2 fully saturated rings. The molecule has 27 heavy (non-hydrogen) atoms. The van der Waals surface area contributed by atoms with Gasteiger partial charge >= 0.3 is 5.97 Å². The van der Waals surface area contributed by atoms with Crippen LogP contribution in [-0.2, 0) is 9.53 Å². The molecule has 0 saturated heterocycles. The molecule has 0 aliphatic heterocycles. The zero-order chi connectivity index (χ0) is 19.6. The maximum Gasteiger partial charge on any atom is 0.350 e. The normalized spacial score (nSPS) is 28.6. The molecule has 0 aromatic carbocycles. The number of carbonyl (C=O) groups is 2. The molecule has 0 atom stereocenters. The van der Waals surface area contributed by atoms with Crippen molar-refractivity contribution in [2.45, 2.75) is 70.4 Å². The number of amides is 1. The highest BCUT2D eigenvalue weighted by atomic mass is 32.1. The number of esters is 1. The number of hydrogen-bond acceptors (Lipinski definition) is 5. The fourth-order valence-corrected chi connectivity index (χ4v) is 5.36. The van der Waals surface area contributed by atoms with Crippen molar-refractivity contribution >= 4 is 41.5 Å². The van der Waals surface area contributed by atoms with Crippen LogP contribution >= 0.6 is 11.3 Å². The Morgan fingerprint density at radius 2 is 1.78 bits per heavy atom. The number of aliphatic hydroxyl groups excluding tert-OH is 1. The fraction of sp³-hybridized carbons (Fsp3) is 0.700. The van der Waals surface area contributed by atoms with Crippen molar-refractivity contribution in [2.24, 2.45) is 11.8 Å². The van der Waals surface area contributed by atoms with Crippen LogP contribution in [0.5, 0.6) is 0 Å². The third-order valence-electron chi connectivity index (χ3n) is 6.10. The van der Waals surface area contributed by atoms with Gasteiger partial charge in [-0.05, 0) is 68.1 Å². The Labute approximate surface area is 166 Å². The van der Waals surface area contributed by atoms with E-state index < -0.39 is 0 Å². The van der Waals surface area contributed by atoms with Gasteiger partial charge in [-0.1, -0.05) is 6.92 Å². The Morgan fingerprint density at radius 1 is 1.15 bits per heavy atom. The lowest BCUT2D eigenvalue weighted by Gasteiger charge is -2.39. The molecule has 1 N–H and O–H groups in total. The summed E-state index contributed by atoms with van der Waals surface area (Å²) < 4.78 is 5.97. The van der Waals surface area contributed by atoms with Crippen molar-refractivity contribution in [1.82, 2.24) is 0 Å². The Kier molecular flexibility index (Phi) is 6.63. The van der Waals surface area contributed by atoms with Crippen LogP contribution < -0.4 is 9.68 Å². The first-order valence-electron chi connectivity index (χ1n) is 10.1. The first-order chi connectivity index (χ1) is 12.9. The quantitative estimate of drug-likeness (QED) is 0.632. The van der Waals surface area contributed by atoms with Crippen molar-refractivity contribution < 1.29 is 19.4 Å². The van der Waals surface area contributed by atoms with Gasteiger partial charge in [0.05, 0.1) is 18.9 Å². The van der Waals surface area contributed by atoms with Crippen LogP contribution in [0.4, 0.5) is 5.69 Å². The molecule has 3 rings (SSSR count). The fourth-order valence-electron chi connectivity index (χ4n) is 4.43. The van der Waals surface area contributed by atoms with Crippen LogP contribution in [0.25, 0.3) is 0 Å². The highest BCUT2D eigenvalue weighted by molar-refractivity contribution is 7.22. The molecule has 1 aromatic rings. The number of ether oxygens (including phenoxy) is 1. The molecule has 0 spiro atoms. The summed E-state index contributed by atoms with van der Waals surface area (Å²) in [6.07, 6.45) is 6.67.